The fraction of sp³-hybridized carbons (Fsp3) is 0. The highest BCUT2D eigenvalue weighted by Gasteiger charge is 2.20. The summed E-state index contributed by atoms with van der Waals surface area (Å²) in [5.41, 5.74) is 4.97. The van der Waals surface area contributed by atoms with Crippen LogP contribution in [-0.4, -0.2) is 5.17 Å². The van der Waals surface area contributed by atoms with Crippen LogP contribution in [0.4, 0.5) is 11.4 Å². The van der Waals surface area contributed by atoms with Gasteiger partial charge < -0.3 is 12.6 Å². The van der Waals surface area contributed by atoms with Gasteiger partial charge >= 0.3 is 0 Å². The summed E-state index contributed by atoms with van der Waals surface area (Å²) in [5, 5.41) is 8.31. The minimum atomic E-state index is 0.447. The van der Waals surface area contributed by atoms with Crippen LogP contribution in [0.2, 0.25) is 0 Å². The molecule has 1 aliphatic heterocycles. The van der Waals surface area contributed by atoms with E-state index in [1.807, 2.05) is 65.8 Å². The minimum absolute atomic E-state index is 0.447. The van der Waals surface area contributed by atoms with Crippen LogP contribution in [0.5, 0.6) is 0 Å². The lowest BCUT2D eigenvalue weighted by Gasteiger charge is -2.28. The Morgan fingerprint density at radius 2 is 1.39 bits per heavy atom. The summed E-state index contributed by atoms with van der Waals surface area (Å²) in [4.78, 5) is 0. The number of anilines is 2. The van der Waals surface area contributed by atoms with Gasteiger partial charge in [0, 0.05) is 5.17 Å². The van der Waals surface area contributed by atoms with Crippen molar-refractivity contribution >= 4 is 29.2 Å². The van der Waals surface area contributed by atoms with E-state index in [4.69, 9.17) is 12.6 Å². The molecule has 2 aromatic carbocycles. The fourth-order valence-electron chi connectivity index (χ4n) is 1.77. The van der Waals surface area contributed by atoms with Gasteiger partial charge in [-0.2, -0.15) is 15.3 Å². The van der Waals surface area contributed by atoms with Gasteiger partial charge in [-0.05, 0) is 24.3 Å². The molecule has 0 aliphatic carbocycles. The Bertz CT molecular complexity index is 556. The van der Waals surface area contributed by atoms with Gasteiger partial charge in [0.05, 0.1) is 11.4 Å². The van der Waals surface area contributed by atoms with Crippen molar-refractivity contribution in [2.75, 3.05) is 10.2 Å². The number of nitrogens with one attached hydrogen (secondary N) is 1. The highest BCUT2D eigenvalue weighted by molar-refractivity contribution is 7.77. The van der Waals surface area contributed by atoms with Crippen LogP contribution in [0.15, 0.2) is 65.8 Å². The van der Waals surface area contributed by atoms with Crippen LogP contribution >= 0.6 is 0 Å². The van der Waals surface area contributed by atoms with Crippen molar-refractivity contribution < 1.29 is 0 Å². The van der Waals surface area contributed by atoms with E-state index in [1.165, 1.54) is 0 Å². The lowest BCUT2D eigenvalue weighted by atomic mass is 10.3. The molecule has 5 heteroatoms. The summed E-state index contributed by atoms with van der Waals surface area (Å²) in [7, 11) is 0. The Morgan fingerprint density at radius 3 is 2.00 bits per heavy atom. The van der Waals surface area contributed by atoms with Crippen molar-refractivity contribution in [1.82, 2.24) is 5.43 Å². The second-order valence-electron chi connectivity index (χ2n) is 3.79. The largest absolute Gasteiger partial charge is 0.739 e. The third kappa shape index (κ3) is 1.96. The molecule has 0 saturated carbocycles. The smallest absolute Gasteiger partial charge is 0.0856 e. The molecule has 1 aliphatic rings. The molecule has 0 amide bonds. The van der Waals surface area contributed by atoms with Gasteiger partial charge in [-0.1, -0.05) is 36.4 Å². The average molecular weight is 255 g/mol. The maximum Gasteiger partial charge on any atom is 0.0856 e. The summed E-state index contributed by atoms with van der Waals surface area (Å²) < 4.78 is 0. The van der Waals surface area contributed by atoms with Gasteiger partial charge in [-0.25, -0.2) is 0 Å². The molecule has 1 heterocycles. The Hall–Kier alpha value is -2.27. The number of amidine groups is 1. The number of hydrazine groups is 2. The van der Waals surface area contributed by atoms with E-state index >= 15 is 0 Å². The third-order valence-corrected chi connectivity index (χ3v) is 2.74. The van der Waals surface area contributed by atoms with E-state index in [0.29, 0.717) is 5.17 Å². The van der Waals surface area contributed by atoms with Crippen LogP contribution in [0.25, 0.3) is 0 Å². The molecular formula is C13H11N4S-. The first-order valence-electron chi connectivity index (χ1n) is 5.57. The topological polar surface area (TPSA) is 30.9 Å². The first-order chi connectivity index (χ1) is 8.84. The molecule has 90 valence electrons. The Kier molecular flexibility index (Phi) is 2.74. The average Bonchev–Trinajstić information content (AvgIpc) is 2.83. The maximum absolute atomic E-state index is 5.11. The zero-order valence-corrected chi connectivity index (χ0v) is 10.3. The van der Waals surface area contributed by atoms with E-state index in [1.54, 1.807) is 5.12 Å². The Labute approximate surface area is 111 Å². The summed E-state index contributed by atoms with van der Waals surface area (Å²) in [6.07, 6.45) is 0. The fourth-order valence-corrected chi connectivity index (χ4v) is 1.93. The normalized spacial score (nSPS) is 14.3. The molecule has 18 heavy (non-hydrogen) atoms. The van der Waals surface area contributed by atoms with E-state index in [9.17, 15) is 0 Å². The van der Waals surface area contributed by atoms with Crippen LogP contribution in [0.1, 0.15) is 0 Å². The molecule has 0 atom stereocenters. The van der Waals surface area contributed by atoms with Crippen molar-refractivity contribution in [3.63, 3.8) is 0 Å². The molecule has 4 nitrogen and oxygen atoms in total. The van der Waals surface area contributed by atoms with Gasteiger partial charge in [0.15, 0.2) is 0 Å². The number of benzene rings is 2. The summed E-state index contributed by atoms with van der Waals surface area (Å²) in [6, 6.07) is 19.8. The van der Waals surface area contributed by atoms with Crippen LogP contribution in [-0.2, 0) is 12.6 Å². The Morgan fingerprint density at radius 1 is 0.833 bits per heavy atom. The monoisotopic (exact) mass is 255 g/mol. The molecule has 0 unspecified atom stereocenters. The predicted octanol–water partition coefficient (Wildman–Crippen LogP) is 2.25. The number of hydrogen-bond acceptors (Lipinski definition) is 5. The highest BCUT2D eigenvalue weighted by atomic mass is 32.1. The van der Waals surface area contributed by atoms with E-state index in [-0.39, 0.29) is 0 Å². The molecule has 0 saturated heterocycles. The summed E-state index contributed by atoms with van der Waals surface area (Å²) >= 11 is 5.11. The first-order valence-corrected chi connectivity index (χ1v) is 5.98. The molecule has 3 rings (SSSR count). The zero-order chi connectivity index (χ0) is 12.4. The van der Waals surface area contributed by atoms with Crippen molar-refractivity contribution in [1.29, 1.82) is 0 Å². The van der Waals surface area contributed by atoms with Gasteiger partial charge in [-0.15, -0.1) is 0 Å². The van der Waals surface area contributed by atoms with Crippen molar-refractivity contribution in [2.24, 2.45) is 5.10 Å². The minimum Gasteiger partial charge on any atom is -0.739 e. The molecular weight excluding hydrogens is 244 g/mol. The van der Waals surface area contributed by atoms with Gasteiger partial charge in [0.1, 0.15) is 0 Å². The molecule has 2 aromatic rings. The second-order valence-corrected chi connectivity index (χ2v) is 4.18. The molecule has 1 N–H and O–H groups in total. The number of hydrazone groups is 1. The zero-order valence-electron chi connectivity index (χ0n) is 9.52. The maximum atomic E-state index is 5.11. The van der Waals surface area contributed by atoms with Crippen molar-refractivity contribution in [2.45, 2.75) is 0 Å². The lowest BCUT2D eigenvalue weighted by molar-refractivity contribution is 0.772. The number of hydrogen-bond donors (Lipinski definition) is 1. The van der Waals surface area contributed by atoms with Gasteiger partial charge in [0.25, 0.3) is 0 Å². The number of nitrogens with zero attached hydrogens (tertiary/aromatic N) is 3. The van der Waals surface area contributed by atoms with Crippen molar-refractivity contribution in [3.8, 4) is 0 Å². The quantitative estimate of drug-likeness (QED) is 0.834. The molecule has 0 bridgehead atoms. The van der Waals surface area contributed by atoms with Crippen LogP contribution in [0.3, 0.4) is 0 Å². The van der Waals surface area contributed by atoms with Gasteiger partial charge in [-0.3, -0.25) is 5.43 Å². The van der Waals surface area contributed by atoms with Crippen LogP contribution in [0, 0.1) is 0 Å². The molecule has 0 aromatic heterocycles. The number of para-hydroxylation sites is 2. The van der Waals surface area contributed by atoms with E-state index in [0.717, 1.165) is 11.4 Å². The number of rotatable bonds is 2. The Balaban J connectivity index is 1.97. The second kappa shape index (κ2) is 4.54. The van der Waals surface area contributed by atoms with Crippen molar-refractivity contribution in [3.05, 3.63) is 60.7 Å². The SMILES string of the molecule is [S-]C1=NN(c2ccccc2)N(c2ccccc2)N1. The molecule has 0 fully saturated rings. The third-order valence-electron chi connectivity index (χ3n) is 2.56. The standard InChI is InChI=1S/C13H12N4S/c18-13-14-16(11-7-3-1-4-8-11)17(15-13)12-9-5-2-6-10-12/h1-10H,(H2,14,15,18)/p-1. The van der Waals surface area contributed by atoms with E-state index < -0.39 is 0 Å². The summed E-state index contributed by atoms with van der Waals surface area (Å²) in [5.74, 6) is 0. The highest BCUT2D eigenvalue weighted by Crippen LogP contribution is 2.23. The lowest BCUT2D eigenvalue weighted by Crippen LogP contribution is -2.44. The van der Waals surface area contributed by atoms with Gasteiger partial charge in [0.2, 0.25) is 0 Å². The van der Waals surface area contributed by atoms with Crippen LogP contribution < -0.4 is 15.7 Å². The summed E-state index contributed by atoms with van der Waals surface area (Å²) in [6.45, 7) is 0. The van der Waals surface area contributed by atoms with E-state index in [2.05, 4.69) is 10.5 Å². The predicted molar refractivity (Wildman–Crippen MR) is 75.8 cm³/mol. The molecule has 0 radical (unpaired) electrons. The first kappa shape index (κ1) is 10.9. The molecule has 0 spiro atoms.